The normalized spacial score (nSPS) is 10.9. The van der Waals surface area contributed by atoms with Crippen LogP contribution in [0, 0.1) is 33.6 Å². The molecule has 1 aliphatic rings. The van der Waals surface area contributed by atoms with Crippen molar-refractivity contribution in [3.8, 4) is 0 Å². The topological polar surface area (TPSA) is 102 Å². The summed E-state index contributed by atoms with van der Waals surface area (Å²) < 4.78 is 5.14. The minimum atomic E-state index is -0.333. The number of nitrogens with one attached hydrogen (secondary N) is 1. The van der Waals surface area contributed by atoms with E-state index >= 15 is 0 Å². The smallest absolute Gasteiger partial charge is 0.218 e. The number of ether oxygens (including phenoxy) is 1. The van der Waals surface area contributed by atoms with Crippen molar-refractivity contribution in [3.63, 3.8) is 0 Å². The molecule has 1 fully saturated rings. The molecule has 246 valence electrons. The van der Waals surface area contributed by atoms with Crippen LogP contribution < -0.4 is 11.1 Å². The van der Waals surface area contributed by atoms with Gasteiger partial charge in [0.05, 0.1) is 0 Å². The predicted molar refractivity (Wildman–Crippen MR) is 186 cm³/mol. The minimum absolute atomic E-state index is 0.00463. The second-order valence-corrected chi connectivity index (χ2v) is 10.6. The Bertz CT molecular complexity index is 1040. The lowest BCUT2D eigenvalue weighted by Crippen LogP contribution is -2.17. The summed E-state index contributed by atoms with van der Waals surface area (Å²) in [6, 6.07) is 29.0. The van der Waals surface area contributed by atoms with Crippen molar-refractivity contribution in [3.05, 3.63) is 107 Å². The minimum Gasteiger partial charge on any atom is -0.381 e. The number of carbonyl (C=O) groups excluding carboxylic acids is 3. The van der Waals surface area contributed by atoms with Gasteiger partial charge >= 0.3 is 0 Å². The fraction of sp³-hybridized carbons (Fsp3) is 0.432. The van der Waals surface area contributed by atoms with E-state index in [9.17, 15) is 14.4 Å². The molecular formula is C37H59N3O4. The number of benzene rings is 3. The largest absolute Gasteiger partial charge is 0.381 e. The average Bonchev–Trinajstić information content (AvgIpc) is 2.95. The van der Waals surface area contributed by atoms with Crippen LogP contribution in [0.4, 0.5) is 0 Å². The van der Waals surface area contributed by atoms with E-state index in [0.717, 1.165) is 19.1 Å². The highest BCUT2D eigenvalue weighted by atomic mass is 16.5. The van der Waals surface area contributed by atoms with Gasteiger partial charge in [0.2, 0.25) is 17.7 Å². The van der Waals surface area contributed by atoms with Crippen LogP contribution in [-0.2, 0) is 19.1 Å². The summed E-state index contributed by atoms with van der Waals surface area (Å²) in [4.78, 5) is 30.5. The second kappa shape index (κ2) is 30.5. The van der Waals surface area contributed by atoms with Crippen molar-refractivity contribution in [2.75, 3.05) is 34.4 Å². The molecule has 0 atom stereocenters. The molecule has 3 aromatic carbocycles. The van der Waals surface area contributed by atoms with Gasteiger partial charge in [-0.1, -0.05) is 114 Å². The third-order valence-electron chi connectivity index (χ3n) is 5.55. The van der Waals surface area contributed by atoms with Gasteiger partial charge in [-0.15, -0.1) is 0 Å². The molecule has 0 spiro atoms. The van der Waals surface area contributed by atoms with Crippen LogP contribution in [0.2, 0.25) is 0 Å². The number of hydrogen-bond donors (Lipinski definition) is 2. The van der Waals surface area contributed by atoms with Gasteiger partial charge < -0.3 is 20.7 Å². The first-order valence-electron chi connectivity index (χ1n) is 14.9. The number of carbonyl (C=O) groups is 3. The molecule has 4 rings (SSSR count). The van der Waals surface area contributed by atoms with Crippen LogP contribution in [0.1, 0.15) is 62.8 Å². The summed E-state index contributed by atoms with van der Waals surface area (Å²) in [5.41, 5.74) is 9.79. The van der Waals surface area contributed by atoms with Gasteiger partial charge in [0, 0.05) is 55.1 Å². The molecule has 1 heterocycles. The third kappa shape index (κ3) is 40.2. The van der Waals surface area contributed by atoms with Crippen molar-refractivity contribution in [1.29, 1.82) is 0 Å². The molecule has 0 unspecified atom stereocenters. The number of rotatable bonds is 0. The lowest BCUT2D eigenvalue weighted by atomic mass is 10.0. The summed E-state index contributed by atoms with van der Waals surface area (Å²) in [5, 5.41) is 2.39. The molecule has 7 heteroatoms. The van der Waals surface area contributed by atoms with Crippen LogP contribution >= 0.6 is 0 Å². The maximum atomic E-state index is 10.1. The monoisotopic (exact) mass is 609 g/mol. The molecule has 7 nitrogen and oxygen atoms in total. The Balaban J connectivity index is -0.000000451. The summed E-state index contributed by atoms with van der Waals surface area (Å²) in [5.74, 6) is 0.675. The van der Waals surface area contributed by atoms with Gasteiger partial charge in [0.25, 0.3) is 0 Å². The summed E-state index contributed by atoms with van der Waals surface area (Å²) >= 11 is 0. The Hall–Kier alpha value is -3.97. The summed E-state index contributed by atoms with van der Waals surface area (Å²) in [6.07, 6.45) is 2.53. The van der Waals surface area contributed by atoms with Crippen LogP contribution in [0.15, 0.2) is 84.9 Å². The fourth-order valence-corrected chi connectivity index (χ4v) is 2.69. The Labute approximate surface area is 268 Å². The van der Waals surface area contributed by atoms with E-state index in [4.69, 9.17) is 4.74 Å². The van der Waals surface area contributed by atoms with E-state index in [2.05, 4.69) is 94.2 Å². The number of primary amides is 1. The zero-order chi connectivity index (χ0) is 34.3. The van der Waals surface area contributed by atoms with E-state index < -0.39 is 0 Å². The Morgan fingerprint density at radius 1 is 0.705 bits per heavy atom. The molecule has 1 aliphatic heterocycles. The van der Waals surface area contributed by atoms with E-state index in [1.54, 1.807) is 21.1 Å². The second-order valence-electron chi connectivity index (χ2n) is 10.6. The molecule has 0 radical (unpaired) electrons. The fourth-order valence-electron chi connectivity index (χ4n) is 2.69. The molecule has 0 saturated carbocycles. The van der Waals surface area contributed by atoms with Crippen molar-refractivity contribution in [2.45, 2.75) is 68.2 Å². The van der Waals surface area contributed by atoms with Crippen molar-refractivity contribution in [1.82, 2.24) is 10.2 Å². The Morgan fingerprint density at radius 2 is 1.00 bits per heavy atom. The zero-order valence-corrected chi connectivity index (χ0v) is 29.1. The van der Waals surface area contributed by atoms with Crippen molar-refractivity contribution >= 4 is 17.7 Å². The quantitative estimate of drug-likeness (QED) is 0.285. The first-order valence-corrected chi connectivity index (χ1v) is 14.9. The lowest BCUT2D eigenvalue weighted by molar-refractivity contribution is -0.126. The van der Waals surface area contributed by atoms with E-state index in [1.807, 2.05) is 36.4 Å². The number of hydrogen-bond acceptors (Lipinski definition) is 4. The van der Waals surface area contributed by atoms with Gasteiger partial charge in [-0.2, -0.15) is 0 Å². The molecule has 3 N–H and O–H groups in total. The number of nitrogens with zero attached hydrogens (tertiary/aromatic N) is 1. The third-order valence-corrected chi connectivity index (χ3v) is 5.55. The van der Waals surface area contributed by atoms with E-state index in [1.165, 1.54) is 60.8 Å². The van der Waals surface area contributed by atoms with Gasteiger partial charge in [0.15, 0.2) is 0 Å². The van der Waals surface area contributed by atoms with Gasteiger partial charge in [-0.05, 0) is 46.5 Å². The SMILES string of the molecule is CC(=O)N(C)C.CC(N)=O.CC1CCOCC1.CNC(C)=O.Cc1cccc(C)c1.Cc1ccccc1.Cc1ccccc1. The Morgan fingerprint density at radius 3 is 1.14 bits per heavy atom. The lowest BCUT2D eigenvalue weighted by Gasteiger charge is -2.16. The first-order chi connectivity index (χ1) is 20.6. The highest BCUT2D eigenvalue weighted by Crippen LogP contribution is 2.11. The molecule has 1 saturated heterocycles. The number of aryl methyl sites for hydroxylation is 4. The predicted octanol–water partition coefficient (Wildman–Crippen LogP) is 7.06. The number of nitrogens with two attached hydrogens (primary N) is 1. The molecule has 3 amide bonds. The van der Waals surface area contributed by atoms with E-state index in [-0.39, 0.29) is 17.7 Å². The maximum Gasteiger partial charge on any atom is 0.218 e. The standard InChI is InChI=1S/C8H10.2C7H8.C6H12O.C4H9NO.C3H7NO.C2H5NO/c1-7-4-3-5-8(2)6-7;2*1-7-5-3-2-4-6-7;1-6-2-4-7-5-3-6;1-4(6)5(2)3;1-3(5)4-2;1-2(3)4/h3-6H,1-2H3;2*2-6H,1H3;6H,2-5H2,1H3;1-3H3;1-2H3,(H,4,5);1H3,(H2,3,4). The zero-order valence-electron chi connectivity index (χ0n) is 29.1. The average molecular weight is 610 g/mol. The van der Waals surface area contributed by atoms with Gasteiger partial charge in [0.1, 0.15) is 0 Å². The number of amides is 3. The van der Waals surface area contributed by atoms with Gasteiger partial charge in [-0.25, -0.2) is 0 Å². The highest BCUT2D eigenvalue weighted by Gasteiger charge is 2.06. The molecular weight excluding hydrogens is 550 g/mol. The molecule has 0 bridgehead atoms. The molecule has 0 aliphatic carbocycles. The Kier molecular flexibility index (Phi) is 30.8. The molecule has 3 aromatic rings. The summed E-state index contributed by atoms with van der Waals surface area (Å²) in [6.45, 7) is 16.9. The van der Waals surface area contributed by atoms with Crippen LogP contribution in [-0.4, -0.2) is 57.0 Å². The molecule has 44 heavy (non-hydrogen) atoms. The van der Waals surface area contributed by atoms with E-state index in [0.29, 0.717) is 0 Å². The van der Waals surface area contributed by atoms with Gasteiger partial charge in [-0.3, -0.25) is 14.4 Å². The van der Waals surface area contributed by atoms with Crippen LogP contribution in [0.25, 0.3) is 0 Å². The summed E-state index contributed by atoms with van der Waals surface area (Å²) in [7, 11) is 5.05. The van der Waals surface area contributed by atoms with Crippen LogP contribution in [0.5, 0.6) is 0 Å². The molecule has 0 aromatic heterocycles. The maximum absolute atomic E-state index is 10.1. The van der Waals surface area contributed by atoms with Crippen molar-refractivity contribution in [2.24, 2.45) is 11.7 Å². The highest BCUT2D eigenvalue weighted by molar-refractivity contribution is 5.72. The van der Waals surface area contributed by atoms with Crippen LogP contribution in [0.3, 0.4) is 0 Å². The van der Waals surface area contributed by atoms with Crippen molar-refractivity contribution < 1.29 is 19.1 Å². The first kappa shape index (κ1) is 44.5.